The van der Waals surface area contributed by atoms with Crippen LogP contribution in [-0.4, -0.2) is 45.8 Å². The Morgan fingerprint density at radius 3 is 2.53 bits per heavy atom. The van der Waals surface area contributed by atoms with Gasteiger partial charge in [0.1, 0.15) is 6.29 Å². The fourth-order valence-electron chi connectivity index (χ4n) is 1.58. The monoisotopic (exact) mass is 234 g/mol. The number of hydrogen-bond acceptors (Lipinski definition) is 3. The highest BCUT2D eigenvalue weighted by Crippen LogP contribution is 2.14. The third-order valence-corrected chi connectivity index (χ3v) is 2.55. The van der Waals surface area contributed by atoms with Crippen molar-refractivity contribution in [3.8, 4) is 0 Å². The Labute approximate surface area is 106 Å². The van der Waals surface area contributed by atoms with Crippen LogP contribution in [0.25, 0.3) is 0 Å². The molecular formula is C13H23BN2O. The van der Waals surface area contributed by atoms with Gasteiger partial charge in [0.2, 0.25) is 0 Å². The minimum absolute atomic E-state index is 0.406. The van der Waals surface area contributed by atoms with Crippen molar-refractivity contribution in [1.29, 1.82) is 0 Å². The van der Waals surface area contributed by atoms with Gasteiger partial charge in [-0.05, 0) is 24.5 Å². The highest BCUT2D eigenvalue weighted by Gasteiger charge is 2.06. The number of carbonyl (C=O) groups excluding carboxylic acids is 1. The van der Waals surface area contributed by atoms with Crippen molar-refractivity contribution >= 4 is 19.8 Å². The minimum Gasteiger partial charge on any atom is -0.381 e. The molecule has 0 N–H and O–H groups in total. The normalized spacial score (nSPS) is 14.9. The molecule has 0 bridgehead atoms. The lowest BCUT2D eigenvalue weighted by Crippen LogP contribution is -2.15. The molecule has 0 rings (SSSR count). The molecule has 0 spiro atoms. The second-order valence-electron chi connectivity index (χ2n) is 4.35. The number of nitrogens with zero attached hydrogens (tertiary/aromatic N) is 2. The first-order chi connectivity index (χ1) is 8.04. The second kappa shape index (κ2) is 8.79. The van der Waals surface area contributed by atoms with Gasteiger partial charge in [-0.2, -0.15) is 0 Å². The molecule has 0 aromatic heterocycles. The Morgan fingerprint density at radius 2 is 2.12 bits per heavy atom. The van der Waals surface area contributed by atoms with Crippen LogP contribution in [0.3, 0.4) is 0 Å². The van der Waals surface area contributed by atoms with Crippen LogP contribution in [0.2, 0.25) is 6.82 Å². The van der Waals surface area contributed by atoms with E-state index in [4.69, 9.17) is 0 Å². The first-order valence-corrected chi connectivity index (χ1v) is 5.99. The maximum absolute atomic E-state index is 10.5. The van der Waals surface area contributed by atoms with E-state index in [1.807, 2.05) is 20.3 Å². The van der Waals surface area contributed by atoms with Crippen LogP contribution in [0.5, 0.6) is 0 Å². The van der Waals surface area contributed by atoms with Crippen LogP contribution in [0.4, 0.5) is 0 Å². The summed E-state index contributed by atoms with van der Waals surface area (Å²) in [7, 11) is 6.71. The minimum atomic E-state index is 0.406. The molecule has 0 radical (unpaired) electrons. The fourth-order valence-corrected chi connectivity index (χ4v) is 1.58. The maximum Gasteiger partial charge on any atom is 0.154 e. The first-order valence-electron chi connectivity index (χ1n) is 5.99. The summed E-state index contributed by atoms with van der Waals surface area (Å²) >= 11 is 0. The van der Waals surface area contributed by atoms with E-state index in [-0.39, 0.29) is 0 Å². The number of allylic oxidation sites excluding steroid dienone is 4. The van der Waals surface area contributed by atoms with E-state index in [2.05, 4.69) is 29.7 Å². The lowest BCUT2D eigenvalue weighted by atomic mass is 9.71. The molecule has 0 saturated heterocycles. The van der Waals surface area contributed by atoms with Gasteiger partial charge in [-0.3, -0.25) is 4.79 Å². The van der Waals surface area contributed by atoms with Crippen molar-refractivity contribution in [2.45, 2.75) is 20.2 Å². The Balaban J connectivity index is 4.89. The molecule has 1 atom stereocenters. The number of aldehydes is 1. The molecular weight excluding hydrogens is 211 g/mol. The van der Waals surface area contributed by atoms with Gasteiger partial charge in [0, 0.05) is 33.1 Å². The van der Waals surface area contributed by atoms with Gasteiger partial charge in [-0.15, -0.1) is 0 Å². The number of aliphatic imine (C=N–C) groups is 1. The van der Waals surface area contributed by atoms with Crippen molar-refractivity contribution in [3.63, 3.8) is 0 Å². The molecule has 0 heterocycles. The largest absolute Gasteiger partial charge is 0.381 e. The van der Waals surface area contributed by atoms with Crippen LogP contribution >= 0.6 is 0 Å². The zero-order chi connectivity index (χ0) is 13.3. The van der Waals surface area contributed by atoms with Crippen LogP contribution in [0, 0.1) is 5.92 Å². The Hall–Kier alpha value is -1.32. The molecule has 17 heavy (non-hydrogen) atoms. The third-order valence-electron chi connectivity index (χ3n) is 2.55. The van der Waals surface area contributed by atoms with Crippen LogP contribution in [-0.2, 0) is 4.79 Å². The van der Waals surface area contributed by atoms with E-state index in [0.29, 0.717) is 5.92 Å². The van der Waals surface area contributed by atoms with Crippen molar-refractivity contribution in [1.82, 2.24) is 4.90 Å². The van der Waals surface area contributed by atoms with Gasteiger partial charge < -0.3 is 9.89 Å². The first kappa shape index (κ1) is 15.7. The fraction of sp³-hybridized carbons (Fsp3) is 0.538. The Bertz CT molecular complexity index is 319. The lowest BCUT2D eigenvalue weighted by molar-refractivity contribution is -0.104. The molecule has 0 aliphatic rings. The van der Waals surface area contributed by atoms with Crippen LogP contribution in [0.15, 0.2) is 28.3 Å². The Morgan fingerprint density at radius 1 is 1.47 bits per heavy atom. The smallest absolute Gasteiger partial charge is 0.154 e. The summed E-state index contributed by atoms with van der Waals surface area (Å²) in [4.78, 5) is 16.6. The summed E-state index contributed by atoms with van der Waals surface area (Å²) in [6.07, 6.45) is 7.45. The quantitative estimate of drug-likeness (QED) is 0.221. The molecule has 0 amide bonds. The van der Waals surface area contributed by atoms with Crippen LogP contribution < -0.4 is 0 Å². The molecule has 0 fully saturated rings. The Kier molecular flexibility index (Phi) is 8.11. The molecule has 3 nitrogen and oxygen atoms in total. The predicted octanol–water partition coefficient (Wildman–Crippen LogP) is 1.73. The second-order valence-corrected chi connectivity index (χ2v) is 4.35. The summed E-state index contributed by atoms with van der Waals surface area (Å²) in [5.41, 5.74) is 2.27. The molecule has 4 heteroatoms. The van der Waals surface area contributed by atoms with E-state index in [9.17, 15) is 4.79 Å². The maximum atomic E-state index is 10.5. The van der Waals surface area contributed by atoms with Crippen LogP contribution in [0.1, 0.15) is 13.3 Å². The van der Waals surface area contributed by atoms with E-state index >= 15 is 0 Å². The molecule has 1 unspecified atom stereocenters. The number of carbonyl (C=O) groups is 1. The molecule has 0 aliphatic carbocycles. The van der Waals surface area contributed by atoms with Gasteiger partial charge in [-0.1, -0.05) is 19.2 Å². The van der Waals surface area contributed by atoms with E-state index in [0.717, 1.165) is 25.5 Å². The highest BCUT2D eigenvalue weighted by molar-refractivity contribution is 6.45. The van der Waals surface area contributed by atoms with Gasteiger partial charge in [0.05, 0.1) is 0 Å². The summed E-state index contributed by atoms with van der Waals surface area (Å²) in [6, 6.07) is 0. The van der Waals surface area contributed by atoms with E-state index < -0.39 is 0 Å². The lowest BCUT2D eigenvalue weighted by Gasteiger charge is -2.20. The summed E-state index contributed by atoms with van der Waals surface area (Å²) < 4.78 is 0. The van der Waals surface area contributed by atoms with Gasteiger partial charge in [0.15, 0.2) is 7.28 Å². The summed E-state index contributed by atoms with van der Waals surface area (Å²) in [5.74, 6) is 0.406. The predicted molar refractivity (Wildman–Crippen MR) is 77.1 cm³/mol. The SMILES string of the molecule is CBC(=C/C=O)/C=C(/CC(C)/C=N\C)N(C)C. The topological polar surface area (TPSA) is 32.7 Å². The third kappa shape index (κ3) is 6.77. The van der Waals surface area contributed by atoms with Gasteiger partial charge >= 0.3 is 0 Å². The zero-order valence-electron chi connectivity index (χ0n) is 11.6. The van der Waals surface area contributed by atoms with Crippen molar-refractivity contribution in [2.75, 3.05) is 21.1 Å². The zero-order valence-corrected chi connectivity index (χ0v) is 11.6. The van der Waals surface area contributed by atoms with Crippen molar-refractivity contribution in [2.24, 2.45) is 10.9 Å². The van der Waals surface area contributed by atoms with Gasteiger partial charge in [-0.25, -0.2) is 0 Å². The van der Waals surface area contributed by atoms with Gasteiger partial charge in [0.25, 0.3) is 0 Å². The van der Waals surface area contributed by atoms with E-state index in [1.54, 1.807) is 13.1 Å². The molecule has 0 saturated carbocycles. The average molecular weight is 234 g/mol. The molecule has 0 aromatic rings. The highest BCUT2D eigenvalue weighted by atomic mass is 16.1. The van der Waals surface area contributed by atoms with Crippen molar-refractivity contribution in [3.05, 3.63) is 23.3 Å². The summed E-state index contributed by atoms with van der Waals surface area (Å²) in [5, 5.41) is 0. The summed E-state index contributed by atoms with van der Waals surface area (Å²) in [6.45, 7) is 4.19. The number of hydrogen-bond donors (Lipinski definition) is 0. The number of rotatable bonds is 7. The van der Waals surface area contributed by atoms with Crippen molar-refractivity contribution < 1.29 is 4.79 Å². The average Bonchev–Trinajstić information content (AvgIpc) is 2.27. The molecule has 0 aromatic carbocycles. The standard InChI is InChI=1S/C13H23BN2O/c1-11(10-15-3)8-13(16(4)5)9-12(14-2)6-7-17/h6-7,9-11,14H,8H2,1-5H3/b12-6+,13-9-,15-10-. The molecule has 0 aliphatic heterocycles. The van der Waals surface area contributed by atoms with E-state index in [1.165, 1.54) is 5.70 Å². The molecule has 94 valence electrons.